The molecule has 1 fully saturated rings. The number of hydrazine groups is 1. The molecule has 1 aliphatic rings. The van der Waals surface area contributed by atoms with Crippen LogP contribution in [-0.4, -0.2) is 12.7 Å². The molecule has 3 N–H and O–H groups in total. The Morgan fingerprint density at radius 3 is 2.59 bits per heavy atom. The summed E-state index contributed by atoms with van der Waals surface area (Å²) in [4.78, 5) is 1.32. The number of nitrogens with two attached hydrogens (primary N) is 1. The normalized spacial score (nSPS) is 21.4. The van der Waals surface area contributed by atoms with Crippen LogP contribution in [0.3, 0.4) is 0 Å². The van der Waals surface area contributed by atoms with Crippen molar-refractivity contribution in [2.45, 2.75) is 50.7 Å². The van der Waals surface area contributed by atoms with Crippen LogP contribution in [0.15, 0.2) is 11.4 Å². The summed E-state index contributed by atoms with van der Waals surface area (Å²) in [5.74, 6) is 5.80. The van der Waals surface area contributed by atoms with E-state index in [1.807, 2.05) is 7.11 Å². The van der Waals surface area contributed by atoms with Gasteiger partial charge in [-0.2, -0.15) is 0 Å². The number of ether oxygens (including phenoxy) is 1. The van der Waals surface area contributed by atoms with Crippen molar-refractivity contribution in [3.8, 4) is 0 Å². The Hall–Kier alpha value is -0.420. The lowest BCUT2D eigenvalue weighted by Crippen LogP contribution is -2.49. The summed E-state index contributed by atoms with van der Waals surface area (Å²) in [5.41, 5.74) is 4.18. The van der Waals surface area contributed by atoms with Crippen LogP contribution in [0.4, 0.5) is 0 Å². The van der Waals surface area contributed by atoms with Crippen LogP contribution in [0.25, 0.3) is 0 Å². The molecule has 17 heavy (non-hydrogen) atoms. The predicted molar refractivity (Wildman–Crippen MR) is 71.9 cm³/mol. The molecule has 0 aliphatic heterocycles. The van der Waals surface area contributed by atoms with Crippen LogP contribution in [0.5, 0.6) is 0 Å². The van der Waals surface area contributed by atoms with Gasteiger partial charge in [0.25, 0.3) is 0 Å². The van der Waals surface area contributed by atoms with E-state index in [1.54, 1.807) is 11.3 Å². The summed E-state index contributed by atoms with van der Waals surface area (Å²) in [6, 6.07) is 2.27. The van der Waals surface area contributed by atoms with Gasteiger partial charge in [-0.15, -0.1) is 11.3 Å². The van der Waals surface area contributed by atoms with Crippen molar-refractivity contribution in [3.63, 3.8) is 0 Å². The molecule has 0 bridgehead atoms. The molecule has 4 heteroatoms. The van der Waals surface area contributed by atoms with Crippen molar-refractivity contribution in [1.82, 2.24) is 5.43 Å². The molecule has 0 amide bonds. The fraction of sp³-hybridized carbons (Fsp3) is 0.692. The molecule has 1 aromatic rings. The highest BCUT2D eigenvalue weighted by Gasteiger charge is 2.41. The van der Waals surface area contributed by atoms with Crippen LogP contribution in [0.1, 0.15) is 48.6 Å². The summed E-state index contributed by atoms with van der Waals surface area (Å²) in [6.45, 7) is 2.14. The van der Waals surface area contributed by atoms with Gasteiger partial charge in [0, 0.05) is 12.0 Å². The van der Waals surface area contributed by atoms with Gasteiger partial charge < -0.3 is 4.74 Å². The summed E-state index contributed by atoms with van der Waals surface area (Å²) in [7, 11) is 1.82. The molecular weight excluding hydrogens is 232 g/mol. The minimum atomic E-state index is -0.122. The maximum Gasteiger partial charge on any atom is 0.0893 e. The second-order valence-corrected chi connectivity index (χ2v) is 5.84. The van der Waals surface area contributed by atoms with Gasteiger partial charge in [-0.25, -0.2) is 5.43 Å². The number of methoxy groups -OCH3 is 1. The van der Waals surface area contributed by atoms with Crippen LogP contribution in [-0.2, 0) is 4.74 Å². The van der Waals surface area contributed by atoms with E-state index >= 15 is 0 Å². The zero-order valence-corrected chi connectivity index (χ0v) is 11.5. The van der Waals surface area contributed by atoms with Gasteiger partial charge >= 0.3 is 0 Å². The first-order valence-corrected chi connectivity index (χ1v) is 7.17. The molecule has 1 heterocycles. The van der Waals surface area contributed by atoms with Crippen LogP contribution in [0.2, 0.25) is 0 Å². The number of rotatable bonds is 4. The molecule has 1 unspecified atom stereocenters. The van der Waals surface area contributed by atoms with Gasteiger partial charge in [-0.05, 0) is 36.8 Å². The van der Waals surface area contributed by atoms with Gasteiger partial charge in [0.2, 0.25) is 0 Å². The molecule has 1 atom stereocenters. The van der Waals surface area contributed by atoms with E-state index in [1.165, 1.54) is 29.7 Å². The Kier molecular flexibility index (Phi) is 4.20. The van der Waals surface area contributed by atoms with E-state index in [4.69, 9.17) is 10.6 Å². The standard InChI is InChI=1S/C13H22N2OS/c1-10-6-9-17-11(10)12(15-14)13(16-2)7-4-3-5-8-13/h6,9,12,15H,3-5,7-8,14H2,1-2H3. The van der Waals surface area contributed by atoms with Crippen LogP contribution >= 0.6 is 11.3 Å². The molecule has 0 aromatic carbocycles. The van der Waals surface area contributed by atoms with Crippen molar-refractivity contribution in [3.05, 3.63) is 21.9 Å². The summed E-state index contributed by atoms with van der Waals surface area (Å²) in [5, 5.41) is 2.13. The second-order valence-electron chi connectivity index (χ2n) is 4.90. The number of aryl methyl sites for hydroxylation is 1. The average Bonchev–Trinajstić information content (AvgIpc) is 2.78. The van der Waals surface area contributed by atoms with E-state index in [-0.39, 0.29) is 11.6 Å². The fourth-order valence-corrected chi connectivity index (χ4v) is 4.00. The lowest BCUT2D eigenvalue weighted by atomic mass is 9.78. The van der Waals surface area contributed by atoms with E-state index in [2.05, 4.69) is 23.8 Å². The fourth-order valence-electron chi connectivity index (χ4n) is 2.91. The first kappa shape index (κ1) is 13.0. The summed E-state index contributed by atoms with van der Waals surface area (Å²) < 4.78 is 5.87. The molecule has 0 saturated heterocycles. The number of hydrogen-bond acceptors (Lipinski definition) is 4. The summed E-state index contributed by atoms with van der Waals surface area (Å²) in [6.07, 6.45) is 5.96. The van der Waals surface area contributed by atoms with Crippen molar-refractivity contribution in [2.75, 3.05) is 7.11 Å². The third-order valence-corrected chi connectivity index (χ3v) is 5.05. The van der Waals surface area contributed by atoms with Gasteiger partial charge in [0.15, 0.2) is 0 Å². The maximum absolute atomic E-state index is 5.87. The molecule has 96 valence electrons. The van der Waals surface area contributed by atoms with Crippen molar-refractivity contribution in [1.29, 1.82) is 0 Å². The Bertz CT molecular complexity index is 358. The lowest BCUT2D eigenvalue weighted by Gasteiger charge is -2.42. The first-order chi connectivity index (χ1) is 8.23. The highest BCUT2D eigenvalue weighted by atomic mass is 32.1. The lowest BCUT2D eigenvalue weighted by molar-refractivity contribution is -0.0681. The van der Waals surface area contributed by atoms with Gasteiger partial charge in [0.1, 0.15) is 0 Å². The number of thiophene rings is 1. The Balaban J connectivity index is 2.29. The minimum Gasteiger partial charge on any atom is -0.376 e. The molecule has 1 aromatic heterocycles. The molecule has 0 radical (unpaired) electrons. The highest BCUT2D eigenvalue weighted by Crippen LogP contribution is 2.42. The maximum atomic E-state index is 5.87. The van der Waals surface area contributed by atoms with E-state index in [0.717, 1.165) is 12.8 Å². The number of hydrogen-bond donors (Lipinski definition) is 2. The van der Waals surface area contributed by atoms with Crippen LogP contribution < -0.4 is 11.3 Å². The van der Waals surface area contributed by atoms with Crippen molar-refractivity contribution in [2.24, 2.45) is 5.84 Å². The minimum absolute atomic E-state index is 0.118. The van der Waals surface area contributed by atoms with E-state index < -0.39 is 0 Å². The molecule has 0 spiro atoms. The van der Waals surface area contributed by atoms with Gasteiger partial charge in [-0.3, -0.25) is 5.84 Å². The molecule has 3 nitrogen and oxygen atoms in total. The van der Waals surface area contributed by atoms with Gasteiger partial charge in [0.05, 0.1) is 11.6 Å². The second kappa shape index (κ2) is 5.48. The first-order valence-electron chi connectivity index (χ1n) is 6.29. The quantitative estimate of drug-likeness (QED) is 0.641. The molecule has 2 rings (SSSR count). The topological polar surface area (TPSA) is 47.3 Å². The zero-order chi connectivity index (χ0) is 12.3. The molecular formula is C13H22N2OS. The van der Waals surface area contributed by atoms with Crippen molar-refractivity contribution >= 4 is 11.3 Å². The summed E-state index contributed by atoms with van der Waals surface area (Å²) >= 11 is 1.77. The van der Waals surface area contributed by atoms with E-state index in [9.17, 15) is 0 Å². The van der Waals surface area contributed by atoms with Crippen LogP contribution in [0, 0.1) is 6.92 Å². The molecule has 1 aliphatic carbocycles. The predicted octanol–water partition coefficient (Wildman–Crippen LogP) is 2.91. The Labute approximate surface area is 107 Å². The Morgan fingerprint density at radius 1 is 1.41 bits per heavy atom. The molecule has 1 saturated carbocycles. The van der Waals surface area contributed by atoms with E-state index in [0.29, 0.717) is 0 Å². The number of nitrogens with one attached hydrogen (secondary N) is 1. The Morgan fingerprint density at radius 2 is 2.12 bits per heavy atom. The zero-order valence-electron chi connectivity index (χ0n) is 10.7. The highest BCUT2D eigenvalue weighted by molar-refractivity contribution is 7.10. The average molecular weight is 254 g/mol. The SMILES string of the molecule is COC1(C(NN)c2sccc2C)CCCCC1. The third kappa shape index (κ3) is 2.40. The third-order valence-electron chi connectivity index (χ3n) is 3.96. The van der Waals surface area contributed by atoms with Gasteiger partial charge in [-0.1, -0.05) is 19.3 Å². The van der Waals surface area contributed by atoms with Crippen molar-refractivity contribution < 1.29 is 4.74 Å². The smallest absolute Gasteiger partial charge is 0.0893 e. The monoisotopic (exact) mass is 254 g/mol. The largest absolute Gasteiger partial charge is 0.376 e.